The Labute approximate surface area is 194 Å². The number of carbonyl (C=O) groups is 1. The van der Waals surface area contributed by atoms with E-state index >= 15 is 0 Å². The van der Waals surface area contributed by atoms with Crippen molar-refractivity contribution in [3.05, 3.63) is 77.9 Å². The summed E-state index contributed by atoms with van der Waals surface area (Å²) in [6, 6.07) is 18.4. The Bertz CT molecular complexity index is 934. The minimum Gasteiger partial charge on any atom is -0.497 e. The van der Waals surface area contributed by atoms with E-state index in [1.54, 1.807) is 7.11 Å². The fourth-order valence-corrected chi connectivity index (χ4v) is 6.62. The number of β-lactam (4-membered cyclic amide) rings is 1. The maximum atomic E-state index is 13.7. The third-order valence-electron chi connectivity index (χ3n) is 6.63. The maximum Gasteiger partial charge on any atom is 0.224 e. The van der Waals surface area contributed by atoms with E-state index in [1.165, 1.54) is 5.56 Å². The molecule has 0 bridgehead atoms. The Morgan fingerprint density at radius 2 is 1.72 bits per heavy atom. The molecular weight excluding hydrogens is 414 g/mol. The van der Waals surface area contributed by atoms with Gasteiger partial charge in [-0.05, 0) is 35.1 Å². The fraction of sp³-hybridized carbons (Fsp3) is 0.444. The van der Waals surface area contributed by atoms with Gasteiger partial charge in [0, 0.05) is 0 Å². The Morgan fingerprint density at radius 3 is 2.25 bits per heavy atom. The standard InChI is InChI=1S/C27H37NO3Si/c1-20(18-31-19-21-13-15-23(30-5)16-14-21)17-27(26(2,3)4)24(22-11-9-8-10-12-22)28(25(27)29)32(6)7/h8-16,24,32H,1,17-19H2,2-7H3. The average Bonchev–Trinajstić information content (AvgIpc) is 2.75. The van der Waals surface area contributed by atoms with E-state index in [0.29, 0.717) is 19.6 Å². The van der Waals surface area contributed by atoms with Crippen LogP contribution < -0.4 is 4.74 Å². The van der Waals surface area contributed by atoms with Crippen molar-refractivity contribution in [3.8, 4) is 5.75 Å². The van der Waals surface area contributed by atoms with E-state index in [0.717, 1.165) is 16.9 Å². The lowest BCUT2D eigenvalue weighted by molar-refractivity contribution is -0.177. The van der Waals surface area contributed by atoms with Crippen molar-refractivity contribution in [1.29, 1.82) is 0 Å². The van der Waals surface area contributed by atoms with Gasteiger partial charge in [-0.3, -0.25) is 4.79 Å². The molecule has 0 saturated carbocycles. The van der Waals surface area contributed by atoms with Gasteiger partial charge in [0.2, 0.25) is 5.91 Å². The molecule has 1 saturated heterocycles. The summed E-state index contributed by atoms with van der Waals surface area (Å²) < 4.78 is 13.4. The molecule has 2 atom stereocenters. The highest BCUT2D eigenvalue weighted by molar-refractivity contribution is 6.57. The molecule has 1 amide bonds. The molecule has 0 radical (unpaired) electrons. The van der Waals surface area contributed by atoms with Crippen LogP contribution in [0.5, 0.6) is 5.75 Å². The first kappa shape index (κ1) is 24.3. The second kappa shape index (κ2) is 9.63. The predicted octanol–water partition coefficient (Wildman–Crippen LogP) is 5.76. The minimum absolute atomic E-state index is 0.0844. The highest BCUT2D eigenvalue weighted by Crippen LogP contribution is 2.62. The van der Waals surface area contributed by atoms with E-state index in [9.17, 15) is 4.79 Å². The van der Waals surface area contributed by atoms with Gasteiger partial charge in [-0.2, -0.15) is 0 Å². The van der Waals surface area contributed by atoms with E-state index in [1.807, 2.05) is 30.3 Å². The van der Waals surface area contributed by atoms with E-state index in [2.05, 4.69) is 69.3 Å². The van der Waals surface area contributed by atoms with Gasteiger partial charge >= 0.3 is 0 Å². The number of ether oxygens (including phenoxy) is 2. The van der Waals surface area contributed by atoms with Crippen LogP contribution in [-0.2, 0) is 16.1 Å². The van der Waals surface area contributed by atoms with Crippen LogP contribution in [0.15, 0.2) is 66.7 Å². The van der Waals surface area contributed by atoms with Crippen LogP contribution in [0.1, 0.15) is 44.4 Å². The molecule has 5 heteroatoms. The van der Waals surface area contributed by atoms with Gasteiger partial charge in [0.05, 0.1) is 31.8 Å². The second-order valence-corrected chi connectivity index (χ2v) is 12.9. The average molecular weight is 452 g/mol. The highest BCUT2D eigenvalue weighted by atomic mass is 28.3. The summed E-state index contributed by atoms with van der Waals surface area (Å²) in [6.07, 6.45) is 0.634. The number of benzene rings is 2. The van der Waals surface area contributed by atoms with Crippen molar-refractivity contribution in [3.63, 3.8) is 0 Å². The molecule has 2 aromatic carbocycles. The summed E-state index contributed by atoms with van der Waals surface area (Å²) in [5.41, 5.74) is 2.56. The van der Waals surface area contributed by atoms with Crippen molar-refractivity contribution >= 4 is 14.9 Å². The van der Waals surface area contributed by atoms with Crippen LogP contribution in [0, 0.1) is 10.8 Å². The van der Waals surface area contributed by atoms with Crippen molar-refractivity contribution in [2.75, 3.05) is 13.7 Å². The number of hydrogen-bond acceptors (Lipinski definition) is 3. The van der Waals surface area contributed by atoms with Crippen LogP contribution in [0.3, 0.4) is 0 Å². The molecule has 4 nitrogen and oxygen atoms in total. The van der Waals surface area contributed by atoms with Gasteiger partial charge in [0.1, 0.15) is 14.7 Å². The number of hydrogen-bond donors (Lipinski definition) is 0. The number of nitrogens with zero attached hydrogens (tertiary/aromatic N) is 1. The SMILES string of the molecule is C=C(COCc1ccc(OC)cc1)CC1(C(C)(C)C)C(=O)N([SiH](C)C)C1c1ccccc1. The van der Waals surface area contributed by atoms with Gasteiger partial charge in [-0.15, -0.1) is 0 Å². The van der Waals surface area contributed by atoms with Crippen molar-refractivity contribution in [2.24, 2.45) is 10.8 Å². The van der Waals surface area contributed by atoms with Gasteiger partial charge in [-0.1, -0.05) is 88.5 Å². The topological polar surface area (TPSA) is 38.8 Å². The van der Waals surface area contributed by atoms with Crippen molar-refractivity contribution in [1.82, 2.24) is 4.57 Å². The van der Waals surface area contributed by atoms with Crippen LogP contribution in [0.25, 0.3) is 0 Å². The van der Waals surface area contributed by atoms with Gasteiger partial charge < -0.3 is 14.0 Å². The molecule has 0 N–H and O–H groups in total. The lowest BCUT2D eigenvalue weighted by atomic mass is 9.53. The van der Waals surface area contributed by atoms with Gasteiger partial charge in [0.15, 0.2) is 0 Å². The summed E-state index contributed by atoms with van der Waals surface area (Å²) in [5, 5.41) is 0. The first-order valence-electron chi connectivity index (χ1n) is 11.4. The third kappa shape index (κ3) is 4.55. The minimum atomic E-state index is -1.32. The molecule has 1 aliphatic heterocycles. The second-order valence-electron chi connectivity index (χ2n) is 10.1. The largest absolute Gasteiger partial charge is 0.497 e. The zero-order valence-corrected chi connectivity index (χ0v) is 21.5. The molecule has 32 heavy (non-hydrogen) atoms. The lowest BCUT2D eigenvalue weighted by Crippen LogP contribution is -2.71. The van der Waals surface area contributed by atoms with Crippen molar-refractivity contribution in [2.45, 2.75) is 52.9 Å². The molecule has 1 heterocycles. The van der Waals surface area contributed by atoms with Crippen molar-refractivity contribution < 1.29 is 14.3 Å². The predicted molar refractivity (Wildman–Crippen MR) is 133 cm³/mol. The molecule has 3 rings (SSSR count). The normalized spacial score (nSPS) is 20.9. The molecule has 2 unspecified atom stereocenters. The van der Waals surface area contributed by atoms with Crippen LogP contribution >= 0.6 is 0 Å². The van der Waals surface area contributed by atoms with E-state index < -0.39 is 14.4 Å². The molecular formula is C27H37NO3Si. The zero-order chi connectivity index (χ0) is 23.5. The molecule has 0 spiro atoms. The van der Waals surface area contributed by atoms with E-state index in [-0.39, 0.29) is 17.4 Å². The van der Waals surface area contributed by atoms with Crippen LogP contribution in [0.4, 0.5) is 0 Å². The number of rotatable bonds is 9. The maximum absolute atomic E-state index is 13.7. The number of carbonyl (C=O) groups excluding carboxylic acids is 1. The summed E-state index contributed by atoms with van der Waals surface area (Å²) in [4.78, 5) is 13.7. The summed E-state index contributed by atoms with van der Waals surface area (Å²) in [5.74, 6) is 1.11. The lowest BCUT2D eigenvalue weighted by Gasteiger charge is -2.64. The fourth-order valence-electron chi connectivity index (χ4n) is 4.90. The number of amides is 1. The Morgan fingerprint density at radius 1 is 1.09 bits per heavy atom. The van der Waals surface area contributed by atoms with Gasteiger partial charge in [0.25, 0.3) is 0 Å². The van der Waals surface area contributed by atoms with Crippen LogP contribution in [0.2, 0.25) is 13.1 Å². The first-order chi connectivity index (χ1) is 15.1. The molecule has 0 aliphatic carbocycles. The molecule has 172 valence electrons. The summed E-state index contributed by atoms with van der Waals surface area (Å²) >= 11 is 0. The third-order valence-corrected chi connectivity index (χ3v) is 8.28. The molecule has 0 aromatic heterocycles. The van der Waals surface area contributed by atoms with E-state index in [4.69, 9.17) is 9.47 Å². The molecule has 2 aromatic rings. The van der Waals surface area contributed by atoms with Crippen LogP contribution in [-0.4, -0.2) is 33.1 Å². The number of methoxy groups -OCH3 is 1. The monoisotopic (exact) mass is 451 g/mol. The summed E-state index contributed by atoms with van der Waals surface area (Å²) in [6.45, 7) is 16.3. The quantitative estimate of drug-likeness (QED) is 0.276. The molecule has 1 aliphatic rings. The zero-order valence-electron chi connectivity index (χ0n) is 20.4. The summed E-state index contributed by atoms with van der Waals surface area (Å²) in [7, 11) is 0.340. The Kier molecular flexibility index (Phi) is 7.31. The smallest absolute Gasteiger partial charge is 0.224 e. The highest BCUT2D eigenvalue weighted by Gasteiger charge is 2.66. The van der Waals surface area contributed by atoms with Gasteiger partial charge in [-0.25, -0.2) is 0 Å². The first-order valence-corrected chi connectivity index (χ1v) is 14.2. The Balaban J connectivity index is 1.77. The Hall–Kier alpha value is -2.37. The molecule has 1 fully saturated rings.